The van der Waals surface area contributed by atoms with Crippen molar-refractivity contribution in [1.82, 2.24) is 4.90 Å². The minimum atomic E-state index is -4.60. The number of rotatable bonds is 6. The Hall–Kier alpha value is -2.60. The summed E-state index contributed by atoms with van der Waals surface area (Å²) in [7, 11) is -2.06. The first kappa shape index (κ1) is 23.1. The number of halogens is 3. The zero-order valence-electron chi connectivity index (χ0n) is 16.1. The Bertz CT molecular complexity index is 981. The molecule has 0 spiro atoms. The molecule has 31 heavy (non-hydrogen) atoms. The molecule has 2 aromatic carbocycles. The molecule has 1 heterocycles. The molecule has 1 atom stereocenters. The van der Waals surface area contributed by atoms with Crippen LogP contribution in [0, 0.1) is 10.1 Å². The fourth-order valence-corrected chi connectivity index (χ4v) is 4.89. The van der Waals surface area contributed by atoms with Gasteiger partial charge in [0, 0.05) is 42.8 Å². The van der Waals surface area contributed by atoms with E-state index in [0.29, 0.717) is 26.2 Å². The van der Waals surface area contributed by atoms with Gasteiger partial charge in [0.15, 0.2) is 0 Å². The number of hydrogen-bond donors (Lipinski definition) is 0. The quantitative estimate of drug-likeness (QED) is 0.362. The Balaban J connectivity index is 1.64. The van der Waals surface area contributed by atoms with E-state index in [0.717, 1.165) is 23.9 Å². The second-order valence-electron chi connectivity index (χ2n) is 6.63. The van der Waals surface area contributed by atoms with E-state index in [-0.39, 0.29) is 9.79 Å². The lowest BCUT2D eigenvalue weighted by atomic mass is 10.2. The molecule has 1 fully saturated rings. The number of amides is 1. The highest BCUT2D eigenvalue weighted by molar-refractivity contribution is 8.00. The van der Waals surface area contributed by atoms with Crippen molar-refractivity contribution in [2.24, 2.45) is 0 Å². The first-order valence-electron chi connectivity index (χ1n) is 9.14. The maximum absolute atomic E-state index is 12.6. The summed E-state index contributed by atoms with van der Waals surface area (Å²) >= 11 is -0.496. The number of carbonyl (C=O) groups excluding carboxylic acids is 1. The average molecular weight is 473 g/mol. The Morgan fingerprint density at radius 3 is 2.32 bits per heavy atom. The number of benzene rings is 2. The molecule has 0 aliphatic carbocycles. The standard InChI is InChI=1S/C19H18F3N3O4S2/c20-19(21,22)30-15-6-7-17(16(12-15)25(27)28)31(29)13-18(26)24-10-8-23(9-11-24)14-4-2-1-3-5-14/h1-7,12H,8-11,13H2. The molecule has 12 heteroatoms. The predicted molar refractivity (Wildman–Crippen MR) is 112 cm³/mol. The Morgan fingerprint density at radius 1 is 1.10 bits per heavy atom. The number of anilines is 1. The molecule has 166 valence electrons. The molecule has 1 unspecified atom stereocenters. The Kier molecular flexibility index (Phi) is 7.21. The summed E-state index contributed by atoms with van der Waals surface area (Å²) < 4.78 is 50.2. The van der Waals surface area contributed by atoms with E-state index < -0.39 is 50.3 Å². The second kappa shape index (κ2) is 9.69. The van der Waals surface area contributed by atoms with Gasteiger partial charge in [0.1, 0.15) is 10.6 Å². The van der Waals surface area contributed by atoms with E-state index >= 15 is 0 Å². The molecule has 0 bridgehead atoms. The van der Waals surface area contributed by atoms with Gasteiger partial charge in [-0.1, -0.05) is 18.2 Å². The van der Waals surface area contributed by atoms with Crippen LogP contribution in [0.15, 0.2) is 58.3 Å². The predicted octanol–water partition coefficient (Wildman–Crippen LogP) is 3.66. The van der Waals surface area contributed by atoms with Crippen molar-refractivity contribution in [2.45, 2.75) is 15.3 Å². The lowest BCUT2D eigenvalue weighted by Gasteiger charge is -2.36. The van der Waals surface area contributed by atoms with Crippen LogP contribution >= 0.6 is 11.8 Å². The summed E-state index contributed by atoms with van der Waals surface area (Å²) in [6, 6.07) is 12.4. The van der Waals surface area contributed by atoms with Crippen LogP contribution in [0.2, 0.25) is 0 Å². The number of carbonyl (C=O) groups is 1. The van der Waals surface area contributed by atoms with Gasteiger partial charge in [0.2, 0.25) is 5.91 Å². The maximum Gasteiger partial charge on any atom is 0.446 e. The first-order valence-corrected chi connectivity index (χ1v) is 11.3. The van der Waals surface area contributed by atoms with Crippen molar-refractivity contribution in [3.8, 4) is 0 Å². The van der Waals surface area contributed by atoms with Crippen molar-refractivity contribution in [3.63, 3.8) is 0 Å². The number of nitro benzene ring substituents is 1. The molecule has 0 saturated carbocycles. The van der Waals surface area contributed by atoms with Gasteiger partial charge in [-0.3, -0.25) is 19.1 Å². The number of piperazine rings is 1. The van der Waals surface area contributed by atoms with Crippen LogP contribution in [-0.2, 0) is 15.6 Å². The molecule has 0 N–H and O–H groups in total. The zero-order chi connectivity index (χ0) is 22.6. The Labute approximate surface area is 182 Å². The highest BCUT2D eigenvalue weighted by Crippen LogP contribution is 2.39. The summed E-state index contributed by atoms with van der Waals surface area (Å²) in [6.07, 6.45) is 0. The summed E-state index contributed by atoms with van der Waals surface area (Å²) in [5, 5.41) is 11.3. The summed E-state index contributed by atoms with van der Waals surface area (Å²) in [5.74, 6) is -0.896. The monoisotopic (exact) mass is 473 g/mol. The third kappa shape index (κ3) is 6.20. The molecule has 3 rings (SSSR count). The maximum atomic E-state index is 12.6. The number of nitro groups is 1. The fraction of sp³-hybridized carbons (Fsp3) is 0.316. The molecule has 7 nitrogen and oxygen atoms in total. The van der Waals surface area contributed by atoms with Gasteiger partial charge in [-0.25, -0.2) is 0 Å². The number of thioether (sulfide) groups is 1. The van der Waals surface area contributed by atoms with Crippen molar-refractivity contribution in [3.05, 3.63) is 58.6 Å². The molecule has 1 saturated heterocycles. The van der Waals surface area contributed by atoms with Gasteiger partial charge in [0.25, 0.3) is 5.69 Å². The average Bonchev–Trinajstić information content (AvgIpc) is 2.73. The van der Waals surface area contributed by atoms with Gasteiger partial charge >= 0.3 is 5.51 Å². The van der Waals surface area contributed by atoms with Crippen LogP contribution in [-0.4, -0.2) is 57.4 Å². The molecule has 0 radical (unpaired) electrons. The molecular weight excluding hydrogens is 455 g/mol. The minimum Gasteiger partial charge on any atom is -0.368 e. The zero-order valence-corrected chi connectivity index (χ0v) is 17.7. The van der Waals surface area contributed by atoms with E-state index in [1.165, 1.54) is 4.90 Å². The lowest BCUT2D eigenvalue weighted by Crippen LogP contribution is -2.49. The lowest BCUT2D eigenvalue weighted by molar-refractivity contribution is -0.388. The number of hydrogen-bond acceptors (Lipinski definition) is 6. The van der Waals surface area contributed by atoms with Gasteiger partial charge in [-0.15, -0.1) is 0 Å². The van der Waals surface area contributed by atoms with E-state index in [2.05, 4.69) is 4.90 Å². The fourth-order valence-electron chi connectivity index (χ4n) is 3.16. The van der Waals surface area contributed by atoms with Crippen molar-refractivity contribution >= 4 is 39.8 Å². The van der Waals surface area contributed by atoms with Crippen molar-refractivity contribution in [1.29, 1.82) is 0 Å². The summed E-state index contributed by atoms with van der Waals surface area (Å²) in [6.45, 7) is 2.00. The van der Waals surface area contributed by atoms with Crippen LogP contribution in [0.1, 0.15) is 0 Å². The van der Waals surface area contributed by atoms with Crippen LogP contribution in [0.5, 0.6) is 0 Å². The van der Waals surface area contributed by atoms with E-state index in [9.17, 15) is 32.3 Å². The normalized spacial score (nSPS) is 15.6. The smallest absolute Gasteiger partial charge is 0.368 e. The third-order valence-corrected chi connectivity index (χ3v) is 6.68. The molecule has 1 aliphatic heterocycles. The van der Waals surface area contributed by atoms with E-state index in [1.54, 1.807) is 0 Å². The van der Waals surface area contributed by atoms with Crippen molar-refractivity contribution in [2.75, 3.05) is 36.8 Å². The number of nitrogens with zero attached hydrogens (tertiary/aromatic N) is 3. The molecule has 0 aromatic heterocycles. The molecular formula is C19H18F3N3O4S2. The van der Waals surface area contributed by atoms with Gasteiger partial charge in [0.05, 0.1) is 15.7 Å². The Morgan fingerprint density at radius 2 is 1.74 bits per heavy atom. The van der Waals surface area contributed by atoms with Gasteiger partial charge < -0.3 is 9.80 Å². The number of alkyl halides is 3. The minimum absolute atomic E-state index is 0.271. The van der Waals surface area contributed by atoms with Crippen LogP contribution < -0.4 is 4.90 Å². The molecule has 1 aliphatic rings. The highest BCUT2D eigenvalue weighted by atomic mass is 32.2. The van der Waals surface area contributed by atoms with E-state index in [1.807, 2.05) is 30.3 Å². The van der Waals surface area contributed by atoms with Crippen LogP contribution in [0.3, 0.4) is 0 Å². The molecule has 2 aromatic rings. The van der Waals surface area contributed by atoms with Crippen molar-refractivity contribution < 1.29 is 27.1 Å². The highest BCUT2D eigenvalue weighted by Gasteiger charge is 2.31. The summed E-state index contributed by atoms with van der Waals surface area (Å²) in [4.78, 5) is 25.9. The topological polar surface area (TPSA) is 83.8 Å². The van der Waals surface area contributed by atoms with Crippen LogP contribution in [0.25, 0.3) is 0 Å². The molecule has 1 amide bonds. The van der Waals surface area contributed by atoms with E-state index in [4.69, 9.17) is 0 Å². The second-order valence-corrected chi connectivity index (χ2v) is 9.19. The largest absolute Gasteiger partial charge is 0.446 e. The summed E-state index contributed by atoms with van der Waals surface area (Å²) in [5.41, 5.74) is -4.27. The van der Waals surface area contributed by atoms with Crippen LogP contribution in [0.4, 0.5) is 24.5 Å². The first-order chi connectivity index (χ1) is 14.6. The third-order valence-electron chi connectivity index (χ3n) is 4.61. The van der Waals surface area contributed by atoms with Gasteiger partial charge in [-0.2, -0.15) is 13.2 Å². The van der Waals surface area contributed by atoms with Gasteiger partial charge in [-0.05, 0) is 36.0 Å². The SMILES string of the molecule is O=C(CS(=O)c1ccc(SC(F)(F)F)cc1[N+](=O)[O-])N1CCN(c2ccccc2)CC1. The number of para-hydroxylation sites is 1.